The number of carbonyl (C=O) groups excluding carboxylic acids is 1. The molecule has 18 heavy (non-hydrogen) atoms. The molecule has 1 aromatic rings. The van der Waals surface area contributed by atoms with E-state index in [2.05, 4.69) is 0 Å². The lowest BCUT2D eigenvalue weighted by Crippen LogP contribution is -2.28. The summed E-state index contributed by atoms with van der Waals surface area (Å²) in [5, 5.41) is 9.47. The Bertz CT molecular complexity index is 459. The molecule has 1 aromatic carbocycles. The number of rotatable bonds is 2. The van der Waals surface area contributed by atoms with E-state index in [0.717, 1.165) is 5.69 Å². The van der Waals surface area contributed by atoms with E-state index < -0.39 is 0 Å². The van der Waals surface area contributed by atoms with Gasteiger partial charge in [0.15, 0.2) is 0 Å². The Morgan fingerprint density at radius 3 is 2.56 bits per heavy atom. The van der Waals surface area contributed by atoms with Gasteiger partial charge < -0.3 is 10.0 Å². The fourth-order valence-electron chi connectivity index (χ4n) is 3.41. The van der Waals surface area contributed by atoms with Gasteiger partial charge >= 0.3 is 0 Å². The molecule has 2 aliphatic rings. The molecule has 3 nitrogen and oxygen atoms in total. The van der Waals surface area contributed by atoms with Crippen LogP contribution < -0.4 is 4.90 Å². The standard InChI is InChI=1S/C15H19NO2/c1-16(10-5-4-6-11(17)9-10)15(18)14-12-7-2-3-8-13(12)14/h4-6,9,12-14,17H,2-3,7-8H2,1H3. The molecular weight excluding hydrogens is 226 g/mol. The first kappa shape index (κ1) is 11.6. The number of fused-ring (bicyclic) bond motifs is 1. The van der Waals surface area contributed by atoms with E-state index in [1.807, 2.05) is 6.07 Å². The van der Waals surface area contributed by atoms with Crippen LogP contribution in [0.25, 0.3) is 0 Å². The van der Waals surface area contributed by atoms with Gasteiger partial charge in [0, 0.05) is 24.7 Å². The van der Waals surface area contributed by atoms with Crippen molar-refractivity contribution in [2.24, 2.45) is 17.8 Å². The molecule has 0 aliphatic heterocycles. The highest BCUT2D eigenvalue weighted by Gasteiger charge is 2.55. The Kier molecular flexibility index (Phi) is 2.77. The summed E-state index contributed by atoms with van der Waals surface area (Å²) in [4.78, 5) is 14.1. The smallest absolute Gasteiger partial charge is 0.230 e. The van der Waals surface area contributed by atoms with Crippen LogP contribution in [0.5, 0.6) is 5.75 Å². The van der Waals surface area contributed by atoms with Gasteiger partial charge in [-0.3, -0.25) is 4.79 Å². The molecule has 96 valence electrons. The fourth-order valence-corrected chi connectivity index (χ4v) is 3.41. The number of phenolic OH excluding ortho intramolecular Hbond substituents is 1. The molecule has 2 fully saturated rings. The zero-order valence-electron chi connectivity index (χ0n) is 10.7. The van der Waals surface area contributed by atoms with E-state index in [4.69, 9.17) is 0 Å². The van der Waals surface area contributed by atoms with Gasteiger partial charge in [0.2, 0.25) is 5.91 Å². The number of carbonyl (C=O) groups is 1. The largest absolute Gasteiger partial charge is 0.508 e. The second-order valence-electron chi connectivity index (χ2n) is 5.56. The van der Waals surface area contributed by atoms with Gasteiger partial charge in [-0.2, -0.15) is 0 Å². The quantitative estimate of drug-likeness (QED) is 0.870. The van der Waals surface area contributed by atoms with Crippen LogP contribution in [0.1, 0.15) is 25.7 Å². The topological polar surface area (TPSA) is 40.5 Å². The van der Waals surface area contributed by atoms with Gasteiger partial charge in [-0.15, -0.1) is 0 Å². The van der Waals surface area contributed by atoms with E-state index in [1.165, 1.54) is 25.7 Å². The molecule has 2 unspecified atom stereocenters. The SMILES string of the molecule is CN(C(=O)C1C2CCCCC21)c1cccc(O)c1. The number of hydrogen-bond donors (Lipinski definition) is 1. The molecule has 0 spiro atoms. The first-order chi connectivity index (χ1) is 8.68. The third-order valence-electron chi connectivity index (χ3n) is 4.49. The Hall–Kier alpha value is -1.51. The lowest BCUT2D eigenvalue weighted by atomic mass is 10.0. The second-order valence-corrected chi connectivity index (χ2v) is 5.56. The molecule has 2 aliphatic carbocycles. The summed E-state index contributed by atoms with van der Waals surface area (Å²) in [5.41, 5.74) is 0.781. The summed E-state index contributed by atoms with van der Waals surface area (Å²) < 4.78 is 0. The highest BCUT2D eigenvalue weighted by molar-refractivity contribution is 5.96. The van der Waals surface area contributed by atoms with Gasteiger partial charge in [0.25, 0.3) is 0 Å². The van der Waals surface area contributed by atoms with E-state index in [0.29, 0.717) is 11.8 Å². The number of anilines is 1. The Morgan fingerprint density at radius 2 is 1.94 bits per heavy atom. The molecule has 0 bridgehead atoms. The number of aromatic hydroxyl groups is 1. The molecule has 1 amide bonds. The highest BCUT2D eigenvalue weighted by Crippen LogP contribution is 2.56. The van der Waals surface area contributed by atoms with Gasteiger partial charge in [-0.1, -0.05) is 18.9 Å². The van der Waals surface area contributed by atoms with Gasteiger partial charge in [0.1, 0.15) is 5.75 Å². The predicted octanol–water partition coefficient (Wildman–Crippen LogP) is 2.79. The third-order valence-corrected chi connectivity index (χ3v) is 4.49. The number of nitrogens with zero attached hydrogens (tertiary/aromatic N) is 1. The average Bonchev–Trinajstić information content (AvgIpc) is 3.11. The van der Waals surface area contributed by atoms with Crippen molar-refractivity contribution in [2.75, 3.05) is 11.9 Å². The summed E-state index contributed by atoms with van der Waals surface area (Å²) in [6, 6.07) is 6.90. The van der Waals surface area contributed by atoms with Crippen molar-refractivity contribution in [3.63, 3.8) is 0 Å². The van der Waals surface area contributed by atoms with Crippen LogP contribution in [0.4, 0.5) is 5.69 Å². The minimum Gasteiger partial charge on any atom is -0.508 e. The summed E-state index contributed by atoms with van der Waals surface area (Å²) in [5.74, 6) is 1.93. The Morgan fingerprint density at radius 1 is 1.28 bits per heavy atom. The maximum atomic E-state index is 12.4. The molecule has 1 N–H and O–H groups in total. The van der Waals surface area contributed by atoms with Crippen molar-refractivity contribution in [3.05, 3.63) is 24.3 Å². The zero-order chi connectivity index (χ0) is 12.7. The number of amides is 1. The Labute approximate surface area is 107 Å². The van der Waals surface area contributed by atoms with Gasteiger partial charge in [-0.25, -0.2) is 0 Å². The Balaban J connectivity index is 1.73. The van der Waals surface area contributed by atoms with E-state index in [1.54, 1.807) is 30.1 Å². The number of benzene rings is 1. The van der Waals surface area contributed by atoms with Crippen LogP contribution in [0.15, 0.2) is 24.3 Å². The molecule has 0 aromatic heterocycles. The maximum Gasteiger partial charge on any atom is 0.230 e. The van der Waals surface area contributed by atoms with Crippen molar-refractivity contribution in [3.8, 4) is 5.75 Å². The second kappa shape index (κ2) is 4.30. The van der Waals surface area contributed by atoms with Gasteiger partial charge in [0.05, 0.1) is 0 Å². The maximum absolute atomic E-state index is 12.4. The normalized spacial score (nSPS) is 29.5. The summed E-state index contributed by atoms with van der Waals surface area (Å²) in [6.07, 6.45) is 4.99. The molecule has 2 saturated carbocycles. The van der Waals surface area contributed by atoms with Crippen molar-refractivity contribution in [1.29, 1.82) is 0 Å². The van der Waals surface area contributed by atoms with Gasteiger partial charge in [-0.05, 0) is 36.8 Å². The van der Waals surface area contributed by atoms with Crippen molar-refractivity contribution in [2.45, 2.75) is 25.7 Å². The molecule has 0 heterocycles. The predicted molar refractivity (Wildman–Crippen MR) is 70.5 cm³/mol. The van der Waals surface area contributed by atoms with E-state index in [9.17, 15) is 9.90 Å². The first-order valence-electron chi connectivity index (χ1n) is 6.75. The molecule has 0 radical (unpaired) electrons. The molecular formula is C15H19NO2. The van der Waals surface area contributed by atoms with Crippen molar-refractivity contribution < 1.29 is 9.90 Å². The van der Waals surface area contributed by atoms with Crippen LogP contribution in [0.2, 0.25) is 0 Å². The molecule has 3 heteroatoms. The van der Waals surface area contributed by atoms with Crippen molar-refractivity contribution in [1.82, 2.24) is 0 Å². The number of phenols is 1. The minimum atomic E-state index is 0.209. The van der Waals surface area contributed by atoms with Crippen LogP contribution in [0.3, 0.4) is 0 Å². The summed E-state index contributed by atoms with van der Waals surface area (Å²) >= 11 is 0. The fraction of sp³-hybridized carbons (Fsp3) is 0.533. The molecule has 3 rings (SSSR count). The lowest BCUT2D eigenvalue weighted by Gasteiger charge is -2.17. The summed E-state index contributed by atoms with van der Waals surface area (Å²) in [6.45, 7) is 0. The van der Waals surface area contributed by atoms with Crippen LogP contribution >= 0.6 is 0 Å². The van der Waals surface area contributed by atoms with E-state index >= 15 is 0 Å². The zero-order valence-corrected chi connectivity index (χ0v) is 10.7. The average molecular weight is 245 g/mol. The van der Waals surface area contributed by atoms with Crippen LogP contribution in [-0.2, 0) is 4.79 Å². The van der Waals surface area contributed by atoms with Crippen LogP contribution in [-0.4, -0.2) is 18.1 Å². The highest BCUT2D eigenvalue weighted by atomic mass is 16.3. The van der Waals surface area contributed by atoms with E-state index in [-0.39, 0.29) is 17.6 Å². The first-order valence-corrected chi connectivity index (χ1v) is 6.75. The third kappa shape index (κ3) is 1.88. The number of hydrogen-bond acceptors (Lipinski definition) is 2. The minimum absolute atomic E-state index is 0.209. The van der Waals surface area contributed by atoms with Crippen molar-refractivity contribution >= 4 is 11.6 Å². The summed E-state index contributed by atoms with van der Waals surface area (Å²) in [7, 11) is 1.81. The lowest BCUT2D eigenvalue weighted by molar-refractivity contribution is -0.120. The molecule has 0 saturated heterocycles. The van der Waals surface area contributed by atoms with Crippen LogP contribution in [0, 0.1) is 17.8 Å². The molecule has 2 atom stereocenters. The monoisotopic (exact) mass is 245 g/mol.